The van der Waals surface area contributed by atoms with Gasteiger partial charge in [0, 0.05) is 43.8 Å². The number of benzene rings is 1. The fraction of sp³-hybridized carbons (Fsp3) is 0.464. The van der Waals surface area contributed by atoms with E-state index in [1.807, 2.05) is 18.2 Å². The molecule has 1 aliphatic carbocycles. The van der Waals surface area contributed by atoms with E-state index in [1.165, 1.54) is 20.3 Å². The van der Waals surface area contributed by atoms with Gasteiger partial charge in [-0.05, 0) is 37.0 Å². The molecule has 6 rings (SSSR count). The van der Waals surface area contributed by atoms with Gasteiger partial charge in [-0.25, -0.2) is 18.3 Å². The standard InChI is InChI=1S/C28H30F3N7O4/c1-27(41)12-18-3-2-17(10-19(18)13-27)21-14-32-25-26(40)36(16-33-38(21)25)15-28(42)5-8-35(9-6-28)23(39)11-20(24(30)31)37-7-4-22(29)34-37/h2-4,7,10,14,16,20,24,41-42H,5-6,8-9,11-13,15H2,1H3. The first-order valence-corrected chi connectivity index (χ1v) is 13.7. The van der Waals surface area contributed by atoms with Gasteiger partial charge in [0.15, 0.2) is 0 Å². The molecule has 222 valence electrons. The highest BCUT2D eigenvalue weighted by atomic mass is 19.3. The van der Waals surface area contributed by atoms with Crippen molar-refractivity contribution in [2.24, 2.45) is 0 Å². The van der Waals surface area contributed by atoms with E-state index >= 15 is 0 Å². The summed E-state index contributed by atoms with van der Waals surface area (Å²) in [4.78, 5) is 31.7. The van der Waals surface area contributed by atoms with E-state index in [4.69, 9.17) is 0 Å². The zero-order valence-corrected chi connectivity index (χ0v) is 22.8. The van der Waals surface area contributed by atoms with E-state index in [2.05, 4.69) is 15.2 Å². The maximum Gasteiger partial charge on any atom is 0.296 e. The van der Waals surface area contributed by atoms with Crippen molar-refractivity contribution in [2.45, 2.75) is 69.2 Å². The van der Waals surface area contributed by atoms with Crippen molar-refractivity contribution in [1.82, 2.24) is 33.8 Å². The van der Waals surface area contributed by atoms with Crippen LogP contribution in [0.4, 0.5) is 13.2 Å². The summed E-state index contributed by atoms with van der Waals surface area (Å²) in [5.41, 5.74) is 1.07. The van der Waals surface area contributed by atoms with Crippen LogP contribution in [0.25, 0.3) is 16.9 Å². The van der Waals surface area contributed by atoms with Crippen molar-refractivity contribution in [3.05, 3.63) is 70.4 Å². The normalized spacial score (nSPS) is 20.8. The Labute approximate surface area is 237 Å². The van der Waals surface area contributed by atoms with Crippen LogP contribution in [0.15, 0.2) is 47.8 Å². The number of imidazole rings is 1. The Bertz CT molecular complexity index is 1700. The number of piperidine rings is 1. The molecule has 1 amide bonds. The molecule has 0 saturated carbocycles. The van der Waals surface area contributed by atoms with Crippen LogP contribution in [0.5, 0.6) is 0 Å². The topological polar surface area (TPSA) is 131 Å². The van der Waals surface area contributed by atoms with Crippen molar-refractivity contribution >= 4 is 11.6 Å². The minimum Gasteiger partial charge on any atom is -0.389 e. The molecule has 2 N–H and O–H groups in total. The van der Waals surface area contributed by atoms with Gasteiger partial charge in [0.05, 0.1) is 36.1 Å². The van der Waals surface area contributed by atoms with Gasteiger partial charge in [-0.2, -0.15) is 9.49 Å². The number of likely N-dealkylation sites (tertiary alicyclic amines) is 1. The van der Waals surface area contributed by atoms with Crippen LogP contribution in [-0.4, -0.2) is 80.7 Å². The van der Waals surface area contributed by atoms with Gasteiger partial charge in [0.2, 0.25) is 17.5 Å². The van der Waals surface area contributed by atoms with Crippen LogP contribution in [0, 0.1) is 5.95 Å². The minimum atomic E-state index is -2.92. The number of carbonyl (C=O) groups is 1. The van der Waals surface area contributed by atoms with Gasteiger partial charge in [-0.1, -0.05) is 12.1 Å². The average Bonchev–Trinajstić information content (AvgIpc) is 3.64. The lowest BCUT2D eigenvalue weighted by Gasteiger charge is -2.38. The molecule has 0 spiro atoms. The van der Waals surface area contributed by atoms with E-state index in [0.29, 0.717) is 18.5 Å². The van der Waals surface area contributed by atoms with Crippen LogP contribution in [-0.2, 0) is 24.2 Å². The lowest BCUT2D eigenvalue weighted by atomic mass is 9.91. The van der Waals surface area contributed by atoms with Crippen LogP contribution in [0.1, 0.15) is 43.4 Å². The van der Waals surface area contributed by atoms with E-state index in [9.17, 15) is 33.0 Å². The second-order valence-corrected chi connectivity index (χ2v) is 11.6. The maximum atomic E-state index is 13.6. The van der Waals surface area contributed by atoms with Gasteiger partial charge in [0.1, 0.15) is 12.4 Å². The molecule has 1 fully saturated rings. The predicted molar refractivity (Wildman–Crippen MR) is 143 cm³/mol. The zero-order chi connectivity index (χ0) is 29.8. The summed E-state index contributed by atoms with van der Waals surface area (Å²) in [5, 5.41) is 29.4. The lowest BCUT2D eigenvalue weighted by molar-refractivity contribution is -0.138. The van der Waals surface area contributed by atoms with Crippen LogP contribution < -0.4 is 5.56 Å². The predicted octanol–water partition coefficient (Wildman–Crippen LogP) is 1.99. The fourth-order valence-corrected chi connectivity index (χ4v) is 5.97. The SMILES string of the molecule is CC1(O)Cc2ccc(-c3cnc4c(=O)n(CC5(O)CCN(C(=O)CC(C(F)F)n6ccc(F)n6)CC5)cnn34)cc2C1. The Morgan fingerprint density at radius 2 is 1.86 bits per heavy atom. The van der Waals surface area contributed by atoms with Crippen molar-refractivity contribution in [3.8, 4) is 11.3 Å². The first kappa shape index (κ1) is 28.1. The number of carbonyl (C=O) groups excluding carboxylic acids is 1. The Morgan fingerprint density at radius 1 is 1.12 bits per heavy atom. The third-order valence-corrected chi connectivity index (χ3v) is 8.24. The summed E-state index contributed by atoms with van der Waals surface area (Å²) in [7, 11) is 0. The first-order valence-electron chi connectivity index (χ1n) is 13.7. The summed E-state index contributed by atoms with van der Waals surface area (Å²) in [6.07, 6.45) is 1.82. The number of fused-ring (bicyclic) bond motifs is 2. The first-order chi connectivity index (χ1) is 19.9. The molecule has 14 heteroatoms. The molecule has 3 aromatic heterocycles. The molecular formula is C28H30F3N7O4. The molecule has 1 aliphatic heterocycles. The summed E-state index contributed by atoms with van der Waals surface area (Å²) < 4.78 is 43.8. The lowest BCUT2D eigenvalue weighted by Crippen LogP contribution is -2.50. The number of hydrogen-bond acceptors (Lipinski definition) is 7. The van der Waals surface area contributed by atoms with E-state index in [1.54, 1.807) is 13.1 Å². The van der Waals surface area contributed by atoms with Crippen molar-refractivity contribution in [1.29, 1.82) is 0 Å². The highest BCUT2D eigenvalue weighted by Crippen LogP contribution is 2.33. The Balaban J connectivity index is 1.13. The van der Waals surface area contributed by atoms with Gasteiger partial charge >= 0.3 is 0 Å². The molecular weight excluding hydrogens is 555 g/mol. The van der Waals surface area contributed by atoms with Crippen LogP contribution in [0.3, 0.4) is 0 Å². The average molecular weight is 586 g/mol. The Hall–Kier alpha value is -4.04. The van der Waals surface area contributed by atoms with Crippen molar-refractivity contribution in [2.75, 3.05) is 13.1 Å². The largest absolute Gasteiger partial charge is 0.389 e. The molecule has 11 nitrogen and oxygen atoms in total. The number of nitrogens with zero attached hydrogens (tertiary/aromatic N) is 7. The number of rotatable bonds is 7. The number of aliphatic hydroxyl groups is 2. The number of alkyl halides is 2. The minimum absolute atomic E-state index is 0.0836. The van der Waals surface area contributed by atoms with Crippen molar-refractivity contribution < 1.29 is 28.2 Å². The third-order valence-electron chi connectivity index (χ3n) is 8.24. The van der Waals surface area contributed by atoms with Gasteiger partial charge < -0.3 is 15.1 Å². The highest BCUT2D eigenvalue weighted by molar-refractivity contribution is 5.76. The molecule has 1 saturated heterocycles. The molecule has 42 heavy (non-hydrogen) atoms. The molecule has 2 aliphatic rings. The van der Waals surface area contributed by atoms with Crippen molar-refractivity contribution in [3.63, 3.8) is 0 Å². The summed E-state index contributed by atoms with van der Waals surface area (Å²) in [6.45, 7) is 1.92. The molecule has 0 radical (unpaired) electrons. The number of hydrogen-bond donors (Lipinski definition) is 2. The molecule has 4 heterocycles. The van der Waals surface area contributed by atoms with Gasteiger partial charge in [-0.15, -0.1) is 5.10 Å². The molecule has 4 aromatic rings. The van der Waals surface area contributed by atoms with E-state index in [-0.39, 0.29) is 38.1 Å². The quantitative estimate of drug-likeness (QED) is 0.339. The summed E-state index contributed by atoms with van der Waals surface area (Å²) in [5.74, 6) is -1.47. The van der Waals surface area contributed by atoms with E-state index in [0.717, 1.165) is 33.6 Å². The maximum absolute atomic E-state index is 13.6. The second kappa shape index (κ2) is 10.3. The van der Waals surface area contributed by atoms with Crippen LogP contribution >= 0.6 is 0 Å². The third kappa shape index (κ3) is 5.31. The highest BCUT2D eigenvalue weighted by Gasteiger charge is 2.37. The molecule has 2 unspecified atom stereocenters. The number of halogens is 3. The van der Waals surface area contributed by atoms with E-state index < -0.39 is 47.5 Å². The zero-order valence-electron chi connectivity index (χ0n) is 22.8. The number of amides is 1. The van der Waals surface area contributed by atoms with Crippen LogP contribution in [0.2, 0.25) is 0 Å². The monoisotopic (exact) mass is 585 g/mol. The molecule has 2 atom stereocenters. The second-order valence-electron chi connectivity index (χ2n) is 11.6. The van der Waals surface area contributed by atoms with Gasteiger partial charge in [-0.3, -0.25) is 18.8 Å². The van der Waals surface area contributed by atoms with Gasteiger partial charge in [0.25, 0.3) is 12.0 Å². The molecule has 0 bridgehead atoms. The molecule has 1 aromatic carbocycles. The summed E-state index contributed by atoms with van der Waals surface area (Å²) in [6, 6.07) is 5.18. The number of aromatic nitrogens is 6. The summed E-state index contributed by atoms with van der Waals surface area (Å²) >= 11 is 0. The fourth-order valence-electron chi connectivity index (χ4n) is 5.97. The Morgan fingerprint density at radius 3 is 2.55 bits per heavy atom. The smallest absolute Gasteiger partial charge is 0.296 e. The Kier molecular flexibility index (Phi) is 6.92.